The Balaban J connectivity index is 1.41. The lowest BCUT2D eigenvalue weighted by atomic mass is 10.1. The van der Waals surface area contributed by atoms with Crippen LogP contribution in [0.2, 0.25) is 5.02 Å². The number of hydrogen-bond donors (Lipinski definition) is 3. The Labute approximate surface area is 161 Å². The van der Waals surface area contributed by atoms with E-state index in [2.05, 4.69) is 15.6 Å². The van der Waals surface area contributed by atoms with E-state index in [1.165, 1.54) is 0 Å². The normalized spacial score (nSPS) is 14.3. The molecule has 0 spiro atoms. The van der Waals surface area contributed by atoms with E-state index >= 15 is 0 Å². The summed E-state index contributed by atoms with van der Waals surface area (Å²) < 4.78 is 0. The van der Waals surface area contributed by atoms with Crippen LogP contribution in [0.25, 0.3) is 10.9 Å². The van der Waals surface area contributed by atoms with Crippen molar-refractivity contribution in [2.75, 3.05) is 24.5 Å². The maximum absolute atomic E-state index is 12.5. The quantitative estimate of drug-likeness (QED) is 0.649. The number of carbonyl (C=O) groups excluding carboxylic acids is 2. The number of benzene rings is 2. The standard InChI is InChI=1S/C20H19ClN4O2/c21-18-15-3-1-2-4-16(15)24-19(18)20(27)23-11-13-5-7-14(8-6-13)25-10-9-22-17(26)12-25/h1-8,24H,9-12H2,(H,22,26)(H,23,27). The Morgan fingerprint density at radius 1 is 1.15 bits per heavy atom. The second kappa shape index (κ2) is 7.32. The number of fused-ring (bicyclic) bond motifs is 1. The molecule has 1 saturated heterocycles. The Morgan fingerprint density at radius 2 is 1.93 bits per heavy atom. The summed E-state index contributed by atoms with van der Waals surface area (Å²) >= 11 is 6.32. The summed E-state index contributed by atoms with van der Waals surface area (Å²) in [4.78, 5) is 29.1. The fourth-order valence-electron chi connectivity index (χ4n) is 3.22. The van der Waals surface area contributed by atoms with Crippen LogP contribution in [-0.2, 0) is 11.3 Å². The Kier molecular flexibility index (Phi) is 4.73. The van der Waals surface area contributed by atoms with Gasteiger partial charge in [0, 0.05) is 36.2 Å². The SMILES string of the molecule is O=C1CN(c2ccc(CNC(=O)c3[nH]c4ccccc4c3Cl)cc2)CCN1. The molecule has 1 aliphatic rings. The van der Waals surface area contributed by atoms with Gasteiger partial charge in [-0.05, 0) is 23.8 Å². The molecule has 1 fully saturated rings. The number of halogens is 1. The minimum Gasteiger partial charge on any atom is -0.360 e. The van der Waals surface area contributed by atoms with Crippen LogP contribution in [0, 0.1) is 0 Å². The molecule has 0 unspecified atom stereocenters. The number of anilines is 1. The van der Waals surface area contributed by atoms with Crippen LogP contribution in [0.5, 0.6) is 0 Å². The predicted octanol–water partition coefficient (Wildman–Crippen LogP) is 2.69. The number of amides is 2. The van der Waals surface area contributed by atoms with Crippen molar-refractivity contribution in [2.45, 2.75) is 6.54 Å². The zero-order valence-electron chi connectivity index (χ0n) is 14.6. The molecule has 27 heavy (non-hydrogen) atoms. The van der Waals surface area contributed by atoms with Crippen molar-refractivity contribution < 1.29 is 9.59 Å². The van der Waals surface area contributed by atoms with Crippen molar-refractivity contribution in [1.82, 2.24) is 15.6 Å². The van der Waals surface area contributed by atoms with Crippen LogP contribution in [0.4, 0.5) is 5.69 Å². The van der Waals surface area contributed by atoms with Gasteiger partial charge in [-0.15, -0.1) is 0 Å². The first-order chi connectivity index (χ1) is 13.1. The molecular weight excluding hydrogens is 364 g/mol. The average molecular weight is 383 g/mol. The Hall–Kier alpha value is -2.99. The largest absolute Gasteiger partial charge is 0.360 e. The zero-order chi connectivity index (χ0) is 18.8. The van der Waals surface area contributed by atoms with Gasteiger partial charge in [-0.25, -0.2) is 0 Å². The van der Waals surface area contributed by atoms with Crippen molar-refractivity contribution in [2.24, 2.45) is 0 Å². The van der Waals surface area contributed by atoms with Crippen molar-refractivity contribution >= 4 is 40.0 Å². The highest BCUT2D eigenvalue weighted by Crippen LogP contribution is 2.27. The second-order valence-electron chi connectivity index (χ2n) is 6.48. The number of nitrogens with one attached hydrogen (secondary N) is 3. The molecular formula is C20H19ClN4O2. The predicted molar refractivity (Wildman–Crippen MR) is 106 cm³/mol. The maximum atomic E-state index is 12.5. The summed E-state index contributed by atoms with van der Waals surface area (Å²) in [5, 5.41) is 6.97. The van der Waals surface area contributed by atoms with Gasteiger partial charge >= 0.3 is 0 Å². The van der Waals surface area contributed by atoms with Gasteiger partial charge in [0.25, 0.3) is 5.91 Å². The summed E-state index contributed by atoms with van der Waals surface area (Å²) in [7, 11) is 0. The molecule has 0 radical (unpaired) electrons. The summed E-state index contributed by atoms with van der Waals surface area (Å²) in [5.41, 5.74) is 3.18. The summed E-state index contributed by atoms with van der Waals surface area (Å²) in [6.45, 7) is 2.21. The van der Waals surface area contributed by atoms with Crippen molar-refractivity contribution in [3.05, 3.63) is 64.8 Å². The third-order valence-electron chi connectivity index (χ3n) is 4.66. The third kappa shape index (κ3) is 3.61. The van der Waals surface area contributed by atoms with Gasteiger partial charge < -0.3 is 20.5 Å². The fraction of sp³-hybridized carbons (Fsp3) is 0.200. The van der Waals surface area contributed by atoms with Gasteiger partial charge in [0.2, 0.25) is 5.91 Å². The first-order valence-electron chi connectivity index (χ1n) is 8.77. The molecule has 1 aromatic heterocycles. The summed E-state index contributed by atoms with van der Waals surface area (Å²) in [6, 6.07) is 15.4. The Bertz CT molecular complexity index is 997. The van der Waals surface area contributed by atoms with Gasteiger partial charge in [0.15, 0.2) is 0 Å². The van der Waals surface area contributed by atoms with Crippen LogP contribution in [0.3, 0.4) is 0 Å². The van der Waals surface area contributed by atoms with E-state index in [1.54, 1.807) is 0 Å². The number of para-hydroxylation sites is 1. The monoisotopic (exact) mass is 382 g/mol. The van der Waals surface area contributed by atoms with Crippen LogP contribution >= 0.6 is 11.6 Å². The Morgan fingerprint density at radius 3 is 2.67 bits per heavy atom. The molecule has 4 rings (SSSR count). The number of hydrogen-bond acceptors (Lipinski definition) is 3. The van der Waals surface area contributed by atoms with Crippen molar-refractivity contribution in [3.63, 3.8) is 0 Å². The molecule has 2 heterocycles. The highest BCUT2D eigenvalue weighted by Gasteiger charge is 2.17. The molecule has 0 bridgehead atoms. The molecule has 3 N–H and O–H groups in total. The molecule has 138 valence electrons. The van der Waals surface area contributed by atoms with Gasteiger partial charge in [-0.3, -0.25) is 9.59 Å². The van der Waals surface area contributed by atoms with E-state index in [-0.39, 0.29) is 11.8 Å². The summed E-state index contributed by atoms with van der Waals surface area (Å²) in [6.07, 6.45) is 0. The zero-order valence-corrected chi connectivity index (χ0v) is 15.3. The van der Waals surface area contributed by atoms with Crippen LogP contribution < -0.4 is 15.5 Å². The van der Waals surface area contributed by atoms with Gasteiger partial charge in [0.05, 0.1) is 11.6 Å². The molecule has 0 atom stereocenters. The van der Waals surface area contributed by atoms with E-state index in [1.807, 2.05) is 53.4 Å². The second-order valence-corrected chi connectivity index (χ2v) is 6.86. The van der Waals surface area contributed by atoms with Crippen molar-refractivity contribution in [1.29, 1.82) is 0 Å². The number of H-pyrrole nitrogens is 1. The van der Waals surface area contributed by atoms with Crippen molar-refractivity contribution in [3.8, 4) is 0 Å². The minimum absolute atomic E-state index is 0.0350. The molecule has 6 nitrogen and oxygen atoms in total. The molecule has 1 aliphatic heterocycles. The van der Waals surface area contributed by atoms with E-state index in [0.29, 0.717) is 30.4 Å². The summed E-state index contributed by atoms with van der Waals surface area (Å²) in [5.74, 6) is -0.208. The third-order valence-corrected chi connectivity index (χ3v) is 5.06. The number of rotatable bonds is 4. The lowest BCUT2D eigenvalue weighted by Gasteiger charge is -2.28. The van der Waals surface area contributed by atoms with Crippen LogP contribution in [0.1, 0.15) is 16.1 Å². The molecule has 2 amide bonds. The minimum atomic E-state index is -0.243. The molecule has 0 saturated carbocycles. The molecule has 2 aromatic carbocycles. The lowest BCUT2D eigenvalue weighted by molar-refractivity contribution is -0.120. The highest BCUT2D eigenvalue weighted by atomic mass is 35.5. The van der Waals surface area contributed by atoms with Gasteiger partial charge in [-0.1, -0.05) is 41.9 Å². The first kappa shape index (κ1) is 17.4. The van der Waals surface area contributed by atoms with Gasteiger partial charge in [-0.2, -0.15) is 0 Å². The molecule has 7 heteroatoms. The number of aromatic amines is 1. The number of carbonyl (C=O) groups is 2. The average Bonchev–Trinajstić information content (AvgIpc) is 3.04. The molecule has 0 aliphatic carbocycles. The lowest BCUT2D eigenvalue weighted by Crippen LogP contribution is -2.47. The smallest absolute Gasteiger partial charge is 0.269 e. The van der Waals surface area contributed by atoms with Crippen LogP contribution in [0.15, 0.2) is 48.5 Å². The topological polar surface area (TPSA) is 77.2 Å². The number of piperazine rings is 1. The fourth-order valence-corrected chi connectivity index (χ4v) is 3.52. The van der Waals surface area contributed by atoms with E-state index in [0.717, 1.165) is 28.7 Å². The number of nitrogens with zero attached hydrogens (tertiary/aromatic N) is 1. The van der Waals surface area contributed by atoms with Gasteiger partial charge in [0.1, 0.15) is 5.69 Å². The number of aromatic nitrogens is 1. The van der Waals surface area contributed by atoms with E-state index < -0.39 is 0 Å². The van der Waals surface area contributed by atoms with E-state index in [9.17, 15) is 9.59 Å². The van der Waals surface area contributed by atoms with E-state index in [4.69, 9.17) is 11.6 Å². The molecule has 3 aromatic rings. The first-order valence-corrected chi connectivity index (χ1v) is 9.14. The van der Waals surface area contributed by atoms with Crippen LogP contribution in [-0.4, -0.2) is 36.4 Å². The highest BCUT2D eigenvalue weighted by molar-refractivity contribution is 6.38. The maximum Gasteiger partial charge on any atom is 0.269 e.